The summed E-state index contributed by atoms with van der Waals surface area (Å²) in [4.78, 5) is 8.94. The first-order valence-electron chi connectivity index (χ1n) is 7.90. The standard InChI is InChI=1S/C15H25N5O/c1-10-3-2-6-15(21,8-10)9-17-12-7-13(20-16)19-14(18-12)11-4-5-11/h7,10-11,21H,2-6,8-9,16H2,1H3,(H2,17,18,19,20). The van der Waals surface area contributed by atoms with E-state index in [0.717, 1.165) is 43.7 Å². The quantitative estimate of drug-likeness (QED) is 0.489. The van der Waals surface area contributed by atoms with Crippen LogP contribution in [0.25, 0.3) is 0 Å². The normalized spacial score (nSPS) is 29.2. The Hall–Kier alpha value is -1.40. The fourth-order valence-electron chi connectivity index (χ4n) is 3.20. The zero-order valence-electron chi connectivity index (χ0n) is 12.6. The largest absolute Gasteiger partial charge is 0.388 e. The molecule has 0 amide bonds. The van der Waals surface area contributed by atoms with Gasteiger partial charge in [-0.05, 0) is 31.6 Å². The second kappa shape index (κ2) is 5.77. The smallest absolute Gasteiger partial charge is 0.145 e. The number of nitrogen functional groups attached to an aromatic ring is 1. The van der Waals surface area contributed by atoms with Crippen molar-refractivity contribution in [3.05, 3.63) is 11.9 Å². The lowest BCUT2D eigenvalue weighted by molar-refractivity contribution is -0.000831. The molecule has 0 saturated heterocycles. The average Bonchev–Trinajstić information content (AvgIpc) is 3.29. The molecule has 2 fully saturated rings. The molecule has 3 rings (SSSR count). The van der Waals surface area contributed by atoms with Crippen molar-refractivity contribution in [3.8, 4) is 0 Å². The average molecular weight is 291 g/mol. The Morgan fingerprint density at radius 3 is 2.76 bits per heavy atom. The summed E-state index contributed by atoms with van der Waals surface area (Å²) in [6.07, 6.45) is 6.30. The predicted octanol–water partition coefficient (Wildman–Crippen LogP) is 1.99. The topological polar surface area (TPSA) is 96.1 Å². The van der Waals surface area contributed by atoms with Crippen LogP contribution in [-0.2, 0) is 0 Å². The number of anilines is 2. The van der Waals surface area contributed by atoms with Gasteiger partial charge in [0.15, 0.2) is 0 Å². The van der Waals surface area contributed by atoms with Crippen LogP contribution in [0.4, 0.5) is 11.6 Å². The van der Waals surface area contributed by atoms with Crippen LogP contribution in [-0.4, -0.2) is 27.2 Å². The molecule has 0 aromatic carbocycles. The molecule has 1 heterocycles. The summed E-state index contributed by atoms with van der Waals surface area (Å²) >= 11 is 0. The Kier molecular flexibility index (Phi) is 3.99. The number of aromatic nitrogens is 2. The Morgan fingerprint density at radius 2 is 2.10 bits per heavy atom. The molecule has 5 N–H and O–H groups in total. The maximum Gasteiger partial charge on any atom is 0.145 e. The van der Waals surface area contributed by atoms with E-state index in [1.165, 1.54) is 6.42 Å². The summed E-state index contributed by atoms with van der Waals surface area (Å²) in [5.41, 5.74) is 1.96. The first-order chi connectivity index (χ1) is 10.1. The van der Waals surface area contributed by atoms with E-state index in [2.05, 4.69) is 27.6 Å². The van der Waals surface area contributed by atoms with Crippen molar-refractivity contribution < 1.29 is 5.11 Å². The van der Waals surface area contributed by atoms with E-state index < -0.39 is 5.60 Å². The zero-order chi connectivity index (χ0) is 14.9. The van der Waals surface area contributed by atoms with Gasteiger partial charge < -0.3 is 15.8 Å². The van der Waals surface area contributed by atoms with E-state index in [1.807, 2.05) is 0 Å². The first-order valence-corrected chi connectivity index (χ1v) is 7.90. The van der Waals surface area contributed by atoms with E-state index in [-0.39, 0.29) is 0 Å². The first kappa shape index (κ1) is 14.5. The minimum absolute atomic E-state index is 0.469. The second-order valence-electron chi connectivity index (χ2n) is 6.69. The number of nitrogens with zero attached hydrogens (tertiary/aromatic N) is 2. The van der Waals surface area contributed by atoms with Crippen LogP contribution in [0, 0.1) is 5.92 Å². The van der Waals surface area contributed by atoms with Gasteiger partial charge in [0.2, 0.25) is 0 Å². The van der Waals surface area contributed by atoms with Crippen molar-refractivity contribution in [1.82, 2.24) is 9.97 Å². The van der Waals surface area contributed by atoms with E-state index in [1.54, 1.807) is 6.07 Å². The molecular weight excluding hydrogens is 266 g/mol. The van der Waals surface area contributed by atoms with Gasteiger partial charge in [-0.25, -0.2) is 15.8 Å². The summed E-state index contributed by atoms with van der Waals surface area (Å²) in [5, 5.41) is 14.0. The molecule has 116 valence electrons. The molecule has 2 aliphatic carbocycles. The van der Waals surface area contributed by atoms with Crippen molar-refractivity contribution in [2.45, 2.75) is 57.0 Å². The van der Waals surface area contributed by atoms with Crippen molar-refractivity contribution in [3.63, 3.8) is 0 Å². The molecule has 6 heteroatoms. The van der Waals surface area contributed by atoms with Gasteiger partial charge in [-0.2, -0.15) is 0 Å². The van der Waals surface area contributed by atoms with E-state index in [4.69, 9.17) is 5.84 Å². The molecule has 2 atom stereocenters. The van der Waals surface area contributed by atoms with E-state index in [0.29, 0.717) is 24.2 Å². The lowest BCUT2D eigenvalue weighted by Crippen LogP contribution is -2.41. The predicted molar refractivity (Wildman–Crippen MR) is 82.9 cm³/mol. The molecule has 0 bridgehead atoms. The van der Waals surface area contributed by atoms with Crippen LogP contribution in [0.1, 0.15) is 57.2 Å². The van der Waals surface area contributed by atoms with Gasteiger partial charge in [0.25, 0.3) is 0 Å². The minimum atomic E-state index is -0.626. The Bertz CT molecular complexity index is 505. The Morgan fingerprint density at radius 1 is 1.33 bits per heavy atom. The zero-order valence-corrected chi connectivity index (χ0v) is 12.6. The highest BCUT2D eigenvalue weighted by Crippen LogP contribution is 2.39. The van der Waals surface area contributed by atoms with Crippen LogP contribution in [0.3, 0.4) is 0 Å². The SMILES string of the molecule is CC1CCCC(O)(CNc2cc(NN)nc(C3CC3)n2)C1. The molecule has 6 nitrogen and oxygen atoms in total. The second-order valence-corrected chi connectivity index (χ2v) is 6.69. The molecule has 0 radical (unpaired) electrons. The molecule has 21 heavy (non-hydrogen) atoms. The number of hydrogen-bond donors (Lipinski definition) is 4. The molecule has 1 aromatic heterocycles. The van der Waals surface area contributed by atoms with Gasteiger partial charge in [0.05, 0.1) is 5.60 Å². The molecule has 1 aromatic rings. The number of nitrogens with one attached hydrogen (secondary N) is 2. The van der Waals surface area contributed by atoms with Crippen LogP contribution in [0.5, 0.6) is 0 Å². The fourth-order valence-corrected chi connectivity index (χ4v) is 3.20. The highest BCUT2D eigenvalue weighted by Gasteiger charge is 2.33. The molecule has 2 aliphatic rings. The lowest BCUT2D eigenvalue weighted by Gasteiger charge is -2.35. The van der Waals surface area contributed by atoms with Gasteiger partial charge in [0.1, 0.15) is 17.5 Å². The van der Waals surface area contributed by atoms with Gasteiger partial charge >= 0.3 is 0 Å². The Balaban J connectivity index is 1.68. The summed E-state index contributed by atoms with van der Waals surface area (Å²) in [6, 6.07) is 1.79. The van der Waals surface area contributed by atoms with Gasteiger partial charge in [-0.15, -0.1) is 0 Å². The van der Waals surface area contributed by atoms with Crippen LogP contribution in [0.2, 0.25) is 0 Å². The highest BCUT2D eigenvalue weighted by molar-refractivity contribution is 5.47. The number of aliphatic hydroxyl groups is 1. The summed E-state index contributed by atoms with van der Waals surface area (Å²) in [6.45, 7) is 2.74. The molecule has 2 unspecified atom stereocenters. The molecule has 2 saturated carbocycles. The summed E-state index contributed by atoms with van der Waals surface area (Å²) in [5.74, 6) is 8.74. The number of hydrogen-bond acceptors (Lipinski definition) is 6. The maximum absolute atomic E-state index is 10.7. The van der Waals surface area contributed by atoms with Crippen molar-refractivity contribution in [1.29, 1.82) is 0 Å². The highest BCUT2D eigenvalue weighted by atomic mass is 16.3. The van der Waals surface area contributed by atoms with Crippen LogP contribution >= 0.6 is 0 Å². The van der Waals surface area contributed by atoms with Crippen molar-refractivity contribution >= 4 is 11.6 Å². The third kappa shape index (κ3) is 3.63. The lowest BCUT2D eigenvalue weighted by atomic mass is 9.79. The van der Waals surface area contributed by atoms with Crippen molar-refractivity contribution in [2.24, 2.45) is 11.8 Å². The van der Waals surface area contributed by atoms with Gasteiger partial charge in [-0.1, -0.05) is 19.8 Å². The summed E-state index contributed by atoms with van der Waals surface area (Å²) < 4.78 is 0. The van der Waals surface area contributed by atoms with E-state index in [9.17, 15) is 5.11 Å². The number of hydrazine groups is 1. The van der Waals surface area contributed by atoms with Gasteiger partial charge in [0, 0.05) is 18.5 Å². The van der Waals surface area contributed by atoms with Gasteiger partial charge in [-0.3, -0.25) is 0 Å². The Labute approximate surface area is 125 Å². The number of nitrogens with two attached hydrogens (primary N) is 1. The number of rotatable bonds is 5. The minimum Gasteiger partial charge on any atom is -0.388 e. The third-order valence-corrected chi connectivity index (χ3v) is 4.50. The van der Waals surface area contributed by atoms with Crippen LogP contribution < -0.4 is 16.6 Å². The van der Waals surface area contributed by atoms with Crippen molar-refractivity contribution in [2.75, 3.05) is 17.3 Å². The molecule has 0 aliphatic heterocycles. The summed E-state index contributed by atoms with van der Waals surface area (Å²) in [7, 11) is 0. The molecular formula is C15H25N5O. The monoisotopic (exact) mass is 291 g/mol. The van der Waals surface area contributed by atoms with E-state index >= 15 is 0 Å². The molecule has 0 spiro atoms. The fraction of sp³-hybridized carbons (Fsp3) is 0.733. The third-order valence-electron chi connectivity index (χ3n) is 4.50. The van der Waals surface area contributed by atoms with Crippen LogP contribution in [0.15, 0.2) is 6.07 Å². The maximum atomic E-state index is 10.7.